The zero-order valence-corrected chi connectivity index (χ0v) is 15.7. The second-order valence-corrected chi connectivity index (χ2v) is 5.52. The fraction of sp³-hybridized carbons (Fsp3) is 0.158. The van der Waals surface area contributed by atoms with Crippen molar-refractivity contribution in [3.05, 3.63) is 76.1 Å². The van der Waals surface area contributed by atoms with Gasteiger partial charge in [0, 0.05) is 41.9 Å². The number of hydrogen-bond donors (Lipinski definition) is 1. The number of benzene rings is 2. The van der Waals surface area contributed by atoms with Crippen LogP contribution in [0.25, 0.3) is 11.0 Å². The fourth-order valence-corrected chi connectivity index (χ4v) is 2.81. The standard InChI is InChI=1S/C19H16O4.Na/c1-12(20)11-15(13-7-3-2-4-8-13)17-18(21)14-9-5-6-10-16(14)23-19(17)22;/h2-10,15,21H,11H2,1H3;. The summed E-state index contributed by atoms with van der Waals surface area (Å²) in [7, 11) is 0. The minimum Gasteiger partial charge on any atom is -0.507 e. The molecule has 3 aromatic rings. The zero-order valence-electron chi connectivity index (χ0n) is 13.7. The normalized spacial score (nSPS) is 11.7. The van der Waals surface area contributed by atoms with Crippen molar-refractivity contribution in [1.29, 1.82) is 0 Å². The summed E-state index contributed by atoms with van der Waals surface area (Å²) in [6, 6.07) is 16.0. The summed E-state index contributed by atoms with van der Waals surface area (Å²) in [5.41, 5.74) is 0.635. The van der Waals surface area contributed by atoms with Crippen LogP contribution < -0.4 is 5.63 Å². The summed E-state index contributed by atoms with van der Waals surface area (Å²) < 4.78 is 5.33. The van der Waals surface area contributed by atoms with Gasteiger partial charge in [0.05, 0.1) is 10.9 Å². The van der Waals surface area contributed by atoms with Crippen LogP contribution in [0, 0.1) is 0 Å². The first-order valence-corrected chi connectivity index (χ1v) is 7.37. The molecule has 0 amide bonds. The molecule has 0 aliphatic rings. The Hall–Kier alpha value is -1.88. The van der Waals surface area contributed by atoms with Gasteiger partial charge in [-0.15, -0.1) is 0 Å². The van der Waals surface area contributed by atoms with Gasteiger partial charge in [-0.3, -0.25) is 4.79 Å². The Morgan fingerprint density at radius 1 is 1.08 bits per heavy atom. The van der Waals surface area contributed by atoms with Crippen LogP contribution in [0.2, 0.25) is 0 Å². The maximum Gasteiger partial charge on any atom is 0.343 e. The molecule has 4 nitrogen and oxygen atoms in total. The van der Waals surface area contributed by atoms with Crippen LogP contribution in [-0.2, 0) is 4.79 Å². The van der Waals surface area contributed by atoms with Gasteiger partial charge in [-0.25, -0.2) is 4.79 Å². The number of ketones is 1. The van der Waals surface area contributed by atoms with Crippen molar-refractivity contribution < 1.29 is 14.3 Å². The van der Waals surface area contributed by atoms with Crippen LogP contribution in [0.5, 0.6) is 5.75 Å². The van der Waals surface area contributed by atoms with E-state index in [4.69, 9.17) is 4.42 Å². The first-order chi connectivity index (χ1) is 11.1. The van der Waals surface area contributed by atoms with Crippen molar-refractivity contribution in [1.82, 2.24) is 0 Å². The van der Waals surface area contributed by atoms with E-state index in [-0.39, 0.29) is 53.1 Å². The Bertz CT molecular complexity index is 916. The molecule has 0 bridgehead atoms. The molecule has 117 valence electrons. The molecular weight excluding hydrogens is 315 g/mol. The molecule has 3 rings (SSSR count). The number of fused-ring (bicyclic) bond motifs is 1. The molecule has 1 atom stereocenters. The third kappa shape index (κ3) is 3.61. The molecule has 0 aliphatic carbocycles. The molecule has 1 heterocycles. The Labute approximate surface area is 161 Å². The van der Waals surface area contributed by atoms with Gasteiger partial charge in [-0.05, 0) is 24.6 Å². The van der Waals surface area contributed by atoms with E-state index in [1.807, 2.05) is 30.3 Å². The second-order valence-electron chi connectivity index (χ2n) is 5.52. The maximum atomic E-state index is 12.4. The molecule has 0 saturated carbocycles. The summed E-state index contributed by atoms with van der Waals surface area (Å²) in [5, 5.41) is 11.1. The number of carbonyl (C=O) groups excluding carboxylic acids is 1. The van der Waals surface area contributed by atoms with Gasteiger partial charge in [0.1, 0.15) is 17.1 Å². The van der Waals surface area contributed by atoms with Crippen molar-refractivity contribution in [2.75, 3.05) is 0 Å². The van der Waals surface area contributed by atoms with E-state index in [0.29, 0.717) is 11.0 Å². The van der Waals surface area contributed by atoms with Crippen LogP contribution in [0.1, 0.15) is 30.4 Å². The molecule has 0 saturated heterocycles. The quantitative estimate of drug-likeness (QED) is 0.589. The summed E-state index contributed by atoms with van der Waals surface area (Å²) >= 11 is 0. The molecule has 5 heteroatoms. The van der Waals surface area contributed by atoms with E-state index >= 15 is 0 Å². The van der Waals surface area contributed by atoms with Crippen LogP contribution in [0.4, 0.5) is 0 Å². The SMILES string of the molecule is CC(=O)CC(c1ccccc1)c1c(O)c2ccccc2oc1=O.[Na]. The second kappa shape index (κ2) is 7.79. The topological polar surface area (TPSA) is 67.5 Å². The molecule has 1 aromatic heterocycles. The first kappa shape index (κ1) is 18.5. The van der Waals surface area contributed by atoms with E-state index in [1.54, 1.807) is 24.3 Å². The smallest absolute Gasteiger partial charge is 0.343 e. The van der Waals surface area contributed by atoms with Gasteiger partial charge in [0.2, 0.25) is 0 Å². The predicted octanol–water partition coefficient (Wildman–Crippen LogP) is 3.23. The number of rotatable bonds is 4. The number of aromatic hydroxyl groups is 1. The molecule has 0 aliphatic heterocycles. The fourth-order valence-electron chi connectivity index (χ4n) is 2.81. The van der Waals surface area contributed by atoms with Gasteiger partial charge in [-0.1, -0.05) is 42.5 Å². The number of carbonyl (C=O) groups is 1. The maximum absolute atomic E-state index is 12.4. The molecule has 2 aromatic carbocycles. The number of Topliss-reactive ketones (excluding diaryl/α,β-unsaturated/α-hetero) is 1. The van der Waals surface area contributed by atoms with E-state index < -0.39 is 11.5 Å². The molecule has 0 spiro atoms. The number of hydrogen-bond acceptors (Lipinski definition) is 4. The van der Waals surface area contributed by atoms with E-state index in [1.165, 1.54) is 6.92 Å². The van der Waals surface area contributed by atoms with Crippen LogP contribution >= 0.6 is 0 Å². The van der Waals surface area contributed by atoms with Crippen molar-refractivity contribution in [2.45, 2.75) is 19.3 Å². The molecule has 1 radical (unpaired) electrons. The largest absolute Gasteiger partial charge is 0.507 e. The average molecular weight is 331 g/mol. The Morgan fingerprint density at radius 2 is 1.71 bits per heavy atom. The summed E-state index contributed by atoms with van der Waals surface area (Å²) in [4.78, 5) is 24.1. The van der Waals surface area contributed by atoms with Crippen molar-refractivity contribution >= 4 is 46.3 Å². The molecule has 0 fully saturated rings. The van der Waals surface area contributed by atoms with Gasteiger partial charge in [0.25, 0.3) is 0 Å². The van der Waals surface area contributed by atoms with Gasteiger partial charge >= 0.3 is 5.63 Å². The third-order valence-corrected chi connectivity index (χ3v) is 3.86. The monoisotopic (exact) mass is 331 g/mol. The minimum absolute atomic E-state index is 0. The van der Waals surface area contributed by atoms with E-state index in [2.05, 4.69) is 0 Å². The van der Waals surface area contributed by atoms with Crippen molar-refractivity contribution in [3.63, 3.8) is 0 Å². The summed E-state index contributed by atoms with van der Waals surface area (Å²) in [5.74, 6) is -0.715. The van der Waals surface area contributed by atoms with E-state index in [0.717, 1.165) is 5.56 Å². The zero-order chi connectivity index (χ0) is 16.4. The van der Waals surface area contributed by atoms with Crippen molar-refractivity contribution in [2.24, 2.45) is 0 Å². The van der Waals surface area contributed by atoms with Crippen LogP contribution in [0.15, 0.2) is 63.8 Å². The molecule has 24 heavy (non-hydrogen) atoms. The molecule has 1 N–H and O–H groups in total. The Kier molecular flexibility index (Phi) is 5.99. The Morgan fingerprint density at radius 3 is 2.38 bits per heavy atom. The Balaban J connectivity index is 0.00000208. The molecule has 1 unspecified atom stereocenters. The summed E-state index contributed by atoms with van der Waals surface area (Å²) in [6.07, 6.45) is 0.126. The van der Waals surface area contributed by atoms with Gasteiger partial charge in [-0.2, -0.15) is 0 Å². The first-order valence-electron chi connectivity index (χ1n) is 7.37. The van der Waals surface area contributed by atoms with Crippen LogP contribution in [0.3, 0.4) is 0 Å². The average Bonchev–Trinajstić information content (AvgIpc) is 2.54. The van der Waals surface area contributed by atoms with Crippen LogP contribution in [-0.4, -0.2) is 40.4 Å². The minimum atomic E-state index is -0.615. The predicted molar refractivity (Wildman–Crippen MR) is 93.5 cm³/mol. The van der Waals surface area contributed by atoms with E-state index in [9.17, 15) is 14.7 Å². The van der Waals surface area contributed by atoms with Crippen molar-refractivity contribution in [3.8, 4) is 5.75 Å². The van der Waals surface area contributed by atoms with Gasteiger partial charge in [0.15, 0.2) is 0 Å². The number of para-hydroxylation sites is 1. The molecular formula is C19H16NaO4. The third-order valence-electron chi connectivity index (χ3n) is 3.86. The van der Waals surface area contributed by atoms with Gasteiger partial charge < -0.3 is 9.52 Å². The summed E-state index contributed by atoms with van der Waals surface area (Å²) in [6.45, 7) is 1.47.